The van der Waals surface area contributed by atoms with Crippen molar-refractivity contribution in [1.82, 2.24) is 9.88 Å². The molecule has 1 aliphatic heterocycles. The molecule has 2 aliphatic rings. The molecule has 1 unspecified atom stereocenters. The number of pyridine rings is 1. The Bertz CT molecular complexity index is 472. The van der Waals surface area contributed by atoms with E-state index in [4.69, 9.17) is 5.73 Å². The number of hydrogen-bond donors (Lipinski definition) is 2. The van der Waals surface area contributed by atoms with Gasteiger partial charge in [-0.05, 0) is 43.9 Å². The van der Waals surface area contributed by atoms with Gasteiger partial charge in [0, 0.05) is 25.3 Å². The topological polar surface area (TPSA) is 71.2 Å². The van der Waals surface area contributed by atoms with Crippen LogP contribution in [-0.2, 0) is 0 Å². The molecule has 1 aliphatic carbocycles. The van der Waals surface area contributed by atoms with Gasteiger partial charge in [-0.3, -0.25) is 4.79 Å². The van der Waals surface area contributed by atoms with Crippen molar-refractivity contribution < 1.29 is 4.79 Å². The molecule has 1 saturated heterocycles. The molecule has 19 heavy (non-hydrogen) atoms. The standard InChI is InChI=1S/C14H20N4O/c15-13(19)12-2-1-6-16-14(12)17-8-10-5-7-18(9-10)11-3-4-11/h1-2,6,10-11H,3-5,7-9H2,(H2,15,19)(H,16,17). The number of likely N-dealkylation sites (tertiary alicyclic amines) is 1. The Kier molecular flexibility index (Phi) is 3.38. The fraction of sp³-hybridized carbons (Fsp3) is 0.571. The fourth-order valence-corrected chi connectivity index (χ4v) is 2.79. The maximum Gasteiger partial charge on any atom is 0.252 e. The van der Waals surface area contributed by atoms with Crippen molar-refractivity contribution in [2.24, 2.45) is 11.7 Å². The van der Waals surface area contributed by atoms with Crippen molar-refractivity contribution >= 4 is 11.7 Å². The highest BCUT2D eigenvalue weighted by atomic mass is 16.1. The van der Waals surface area contributed by atoms with E-state index in [2.05, 4.69) is 15.2 Å². The first-order chi connectivity index (χ1) is 9.24. The van der Waals surface area contributed by atoms with Crippen LogP contribution >= 0.6 is 0 Å². The lowest BCUT2D eigenvalue weighted by Crippen LogP contribution is -2.25. The minimum atomic E-state index is -0.429. The summed E-state index contributed by atoms with van der Waals surface area (Å²) in [5, 5.41) is 3.28. The first kappa shape index (κ1) is 12.4. The number of primary amides is 1. The molecule has 102 valence electrons. The number of nitrogens with zero attached hydrogens (tertiary/aromatic N) is 2. The molecule has 0 bridgehead atoms. The minimum Gasteiger partial charge on any atom is -0.369 e. The van der Waals surface area contributed by atoms with Crippen LogP contribution in [0.2, 0.25) is 0 Å². The quantitative estimate of drug-likeness (QED) is 0.831. The molecule has 2 fully saturated rings. The van der Waals surface area contributed by atoms with E-state index in [1.807, 2.05) is 0 Å². The van der Waals surface area contributed by atoms with Crippen LogP contribution in [0, 0.1) is 5.92 Å². The van der Waals surface area contributed by atoms with Gasteiger partial charge in [-0.1, -0.05) is 0 Å². The number of rotatable bonds is 5. The Hall–Kier alpha value is -1.62. The number of amides is 1. The van der Waals surface area contributed by atoms with Gasteiger partial charge in [-0.25, -0.2) is 4.98 Å². The second kappa shape index (κ2) is 5.17. The van der Waals surface area contributed by atoms with Gasteiger partial charge in [-0.15, -0.1) is 0 Å². The number of nitrogens with two attached hydrogens (primary N) is 1. The zero-order valence-electron chi connectivity index (χ0n) is 11.0. The summed E-state index contributed by atoms with van der Waals surface area (Å²) in [7, 11) is 0. The maximum absolute atomic E-state index is 11.3. The number of anilines is 1. The van der Waals surface area contributed by atoms with Gasteiger partial charge in [0.15, 0.2) is 0 Å². The van der Waals surface area contributed by atoms with E-state index in [1.54, 1.807) is 18.3 Å². The van der Waals surface area contributed by atoms with Crippen LogP contribution in [0.4, 0.5) is 5.82 Å². The van der Waals surface area contributed by atoms with Crippen LogP contribution < -0.4 is 11.1 Å². The lowest BCUT2D eigenvalue weighted by atomic mass is 10.1. The van der Waals surface area contributed by atoms with Crippen molar-refractivity contribution in [3.05, 3.63) is 23.9 Å². The molecule has 1 aromatic rings. The molecule has 3 N–H and O–H groups in total. The van der Waals surface area contributed by atoms with Crippen molar-refractivity contribution in [1.29, 1.82) is 0 Å². The molecule has 1 aromatic heterocycles. The highest BCUT2D eigenvalue weighted by Crippen LogP contribution is 2.31. The van der Waals surface area contributed by atoms with Gasteiger partial charge in [-0.2, -0.15) is 0 Å². The molecule has 2 heterocycles. The molecule has 5 nitrogen and oxygen atoms in total. The second-order valence-electron chi connectivity index (χ2n) is 5.53. The molecule has 5 heteroatoms. The Morgan fingerprint density at radius 1 is 1.47 bits per heavy atom. The summed E-state index contributed by atoms with van der Waals surface area (Å²) >= 11 is 0. The number of carbonyl (C=O) groups is 1. The molecule has 0 spiro atoms. The van der Waals surface area contributed by atoms with E-state index in [0.717, 1.165) is 19.1 Å². The molecular formula is C14H20N4O. The Balaban J connectivity index is 1.56. The van der Waals surface area contributed by atoms with Crippen LogP contribution in [-0.4, -0.2) is 41.5 Å². The summed E-state index contributed by atoms with van der Waals surface area (Å²) in [6.07, 6.45) is 5.64. The van der Waals surface area contributed by atoms with E-state index in [-0.39, 0.29) is 0 Å². The maximum atomic E-state index is 11.3. The summed E-state index contributed by atoms with van der Waals surface area (Å²) in [4.78, 5) is 18.1. The molecule has 1 atom stereocenters. The predicted octanol–water partition coefficient (Wildman–Crippen LogP) is 1.08. The zero-order valence-corrected chi connectivity index (χ0v) is 11.0. The summed E-state index contributed by atoms with van der Waals surface area (Å²) in [6, 6.07) is 4.29. The molecular weight excluding hydrogens is 240 g/mol. The summed E-state index contributed by atoms with van der Waals surface area (Å²) in [5.74, 6) is 0.824. The zero-order chi connectivity index (χ0) is 13.2. The predicted molar refractivity (Wildman–Crippen MR) is 73.9 cm³/mol. The molecule has 1 saturated carbocycles. The number of carbonyl (C=O) groups excluding carboxylic acids is 1. The molecule has 1 amide bonds. The lowest BCUT2D eigenvalue weighted by Gasteiger charge is -2.16. The number of nitrogens with one attached hydrogen (secondary N) is 1. The van der Waals surface area contributed by atoms with Crippen LogP contribution in [0.3, 0.4) is 0 Å². The SMILES string of the molecule is NC(=O)c1cccnc1NCC1CCN(C2CC2)C1. The van der Waals surface area contributed by atoms with Gasteiger partial charge < -0.3 is 16.0 Å². The molecule has 0 radical (unpaired) electrons. The van der Waals surface area contributed by atoms with Gasteiger partial charge >= 0.3 is 0 Å². The highest BCUT2D eigenvalue weighted by molar-refractivity contribution is 5.97. The van der Waals surface area contributed by atoms with Crippen molar-refractivity contribution in [2.75, 3.05) is 25.0 Å². The average Bonchev–Trinajstić information content (AvgIpc) is 3.16. The number of aromatic nitrogens is 1. The third-order valence-electron chi connectivity index (χ3n) is 4.01. The average molecular weight is 260 g/mol. The molecule has 0 aromatic carbocycles. The lowest BCUT2D eigenvalue weighted by molar-refractivity contribution is 0.100. The van der Waals surface area contributed by atoms with E-state index in [1.165, 1.54) is 25.8 Å². The fourth-order valence-electron chi connectivity index (χ4n) is 2.79. The second-order valence-corrected chi connectivity index (χ2v) is 5.53. The van der Waals surface area contributed by atoms with Gasteiger partial charge in [0.25, 0.3) is 5.91 Å². The van der Waals surface area contributed by atoms with Crippen LogP contribution in [0.1, 0.15) is 29.6 Å². The third-order valence-corrected chi connectivity index (χ3v) is 4.01. The summed E-state index contributed by atoms with van der Waals surface area (Å²) in [5.41, 5.74) is 5.81. The van der Waals surface area contributed by atoms with Crippen molar-refractivity contribution in [2.45, 2.75) is 25.3 Å². The van der Waals surface area contributed by atoms with E-state index < -0.39 is 5.91 Å². The first-order valence-electron chi connectivity index (χ1n) is 6.97. The molecule has 3 rings (SSSR count). The summed E-state index contributed by atoms with van der Waals surface area (Å²) < 4.78 is 0. The van der Waals surface area contributed by atoms with Crippen LogP contribution in [0.5, 0.6) is 0 Å². The third kappa shape index (κ3) is 2.87. The Morgan fingerprint density at radius 2 is 2.32 bits per heavy atom. The van der Waals surface area contributed by atoms with E-state index >= 15 is 0 Å². The minimum absolute atomic E-state index is 0.429. The van der Waals surface area contributed by atoms with Gasteiger partial charge in [0.2, 0.25) is 0 Å². The Morgan fingerprint density at radius 3 is 3.05 bits per heavy atom. The number of hydrogen-bond acceptors (Lipinski definition) is 4. The highest BCUT2D eigenvalue weighted by Gasteiger charge is 2.34. The van der Waals surface area contributed by atoms with Gasteiger partial charge in [0.05, 0.1) is 5.56 Å². The van der Waals surface area contributed by atoms with E-state index in [9.17, 15) is 4.79 Å². The van der Waals surface area contributed by atoms with Crippen LogP contribution in [0.15, 0.2) is 18.3 Å². The van der Waals surface area contributed by atoms with Gasteiger partial charge in [0.1, 0.15) is 5.82 Å². The monoisotopic (exact) mass is 260 g/mol. The summed E-state index contributed by atoms with van der Waals surface area (Å²) in [6.45, 7) is 3.23. The smallest absolute Gasteiger partial charge is 0.252 e. The largest absolute Gasteiger partial charge is 0.369 e. The van der Waals surface area contributed by atoms with Crippen LogP contribution in [0.25, 0.3) is 0 Å². The first-order valence-corrected chi connectivity index (χ1v) is 6.97. The van der Waals surface area contributed by atoms with Crippen molar-refractivity contribution in [3.8, 4) is 0 Å². The van der Waals surface area contributed by atoms with Crippen molar-refractivity contribution in [3.63, 3.8) is 0 Å². The normalized spacial score (nSPS) is 23.5. The van der Waals surface area contributed by atoms with E-state index in [0.29, 0.717) is 17.3 Å². The Labute approximate surface area is 113 Å².